The number of carbonyl (C=O) groups is 2. The van der Waals surface area contributed by atoms with Crippen molar-refractivity contribution in [3.8, 4) is 11.5 Å². The van der Waals surface area contributed by atoms with Crippen LogP contribution in [-0.4, -0.2) is 41.2 Å². The number of rotatable bonds is 7. The Morgan fingerprint density at radius 3 is 2.24 bits per heavy atom. The summed E-state index contributed by atoms with van der Waals surface area (Å²) < 4.78 is 10.7. The van der Waals surface area contributed by atoms with Crippen LogP contribution in [0, 0.1) is 0 Å². The zero-order valence-electron chi connectivity index (χ0n) is 18.1. The van der Waals surface area contributed by atoms with Gasteiger partial charge in [0.2, 0.25) is 0 Å². The molecular weight excluding hydrogens is 460 g/mol. The van der Waals surface area contributed by atoms with E-state index in [4.69, 9.17) is 26.2 Å². The lowest BCUT2D eigenvalue weighted by atomic mass is 10.1. The van der Waals surface area contributed by atoms with E-state index < -0.39 is 11.9 Å². The van der Waals surface area contributed by atoms with Crippen LogP contribution in [0.25, 0.3) is 10.9 Å². The van der Waals surface area contributed by atoms with Gasteiger partial charge in [-0.15, -0.1) is 0 Å². The molecule has 34 heavy (non-hydrogen) atoms. The van der Waals surface area contributed by atoms with Gasteiger partial charge in [-0.25, -0.2) is 14.8 Å². The standard InChI is InChI=1S/C24H19ClN4O5/c1-33-20-10-17-19(11-21(20)34-2)26-12-27-22(17)28-14-4-6-15(7-5-14)29-23(30)13-3-8-16(24(31)32)18(25)9-13/h3-12H,1-2H3,(H,29,30)(H,31,32)(H,26,27,28). The zero-order chi connectivity index (χ0) is 24.2. The van der Waals surface area contributed by atoms with Crippen molar-refractivity contribution in [2.75, 3.05) is 24.9 Å². The van der Waals surface area contributed by atoms with E-state index in [2.05, 4.69) is 20.6 Å². The lowest BCUT2D eigenvalue weighted by Crippen LogP contribution is -2.12. The minimum Gasteiger partial charge on any atom is -0.493 e. The fraction of sp³-hybridized carbons (Fsp3) is 0.0833. The Kier molecular flexibility index (Phi) is 6.46. The fourth-order valence-corrected chi connectivity index (χ4v) is 3.55. The lowest BCUT2D eigenvalue weighted by Gasteiger charge is -2.12. The second kappa shape index (κ2) is 9.63. The summed E-state index contributed by atoms with van der Waals surface area (Å²) in [5.41, 5.74) is 2.15. The Morgan fingerprint density at radius 2 is 1.59 bits per heavy atom. The molecule has 0 aliphatic heterocycles. The van der Waals surface area contributed by atoms with Crippen LogP contribution in [0.4, 0.5) is 17.2 Å². The number of amides is 1. The largest absolute Gasteiger partial charge is 0.493 e. The van der Waals surface area contributed by atoms with Crippen molar-refractivity contribution in [3.63, 3.8) is 0 Å². The molecule has 4 rings (SSSR count). The van der Waals surface area contributed by atoms with Crippen LogP contribution in [0.2, 0.25) is 5.02 Å². The molecule has 10 heteroatoms. The summed E-state index contributed by atoms with van der Waals surface area (Å²) >= 11 is 5.95. The topological polar surface area (TPSA) is 123 Å². The van der Waals surface area contributed by atoms with Gasteiger partial charge in [-0.2, -0.15) is 0 Å². The zero-order valence-corrected chi connectivity index (χ0v) is 18.9. The van der Waals surface area contributed by atoms with Gasteiger partial charge in [0, 0.05) is 28.4 Å². The Labute approximate surface area is 199 Å². The average Bonchev–Trinajstić information content (AvgIpc) is 2.84. The molecule has 0 spiro atoms. The van der Waals surface area contributed by atoms with Gasteiger partial charge in [-0.3, -0.25) is 4.79 Å². The number of methoxy groups -OCH3 is 2. The minimum atomic E-state index is -1.16. The normalized spacial score (nSPS) is 10.6. The van der Waals surface area contributed by atoms with E-state index in [1.54, 1.807) is 50.6 Å². The Bertz CT molecular complexity index is 1390. The number of hydrogen-bond acceptors (Lipinski definition) is 7. The maximum absolute atomic E-state index is 12.5. The summed E-state index contributed by atoms with van der Waals surface area (Å²) in [4.78, 5) is 32.2. The van der Waals surface area contributed by atoms with Crippen molar-refractivity contribution in [2.45, 2.75) is 0 Å². The van der Waals surface area contributed by atoms with Crippen molar-refractivity contribution in [2.24, 2.45) is 0 Å². The Balaban J connectivity index is 1.51. The number of benzene rings is 3. The van der Waals surface area contributed by atoms with Crippen LogP contribution in [-0.2, 0) is 0 Å². The average molecular weight is 479 g/mol. The van der Waals surface area contributed by atoms with E-state index in [-0.39, 0.29) is 16.1 Å². The molecule has 9 nitrogen and oxygen atoms in total. The van der Waals surface area contributed by atoms with Crippen molar-refractivity contribution in [1.29, 1.82) is 0 Å². The van der Waals surface area contributed by atoms with Gasteiger partial charge >= 0.3 is 5.97 Å². The van der Waals surface area contributed by atoms with E-state index in [0.717, 1.165) is 11.1 Å². The molecule has 4 aromatic rings. The molecular formula is C24H19ClN4O5. The van der Waals surface area contributed by atoms with Gasteiger partial charge in [-0.05, 0) is 48.5 Å². The fourth-order valence-electron chi connectivity index (χ4n) is 3.29. The second-order valence-corrected chi connectivity index (χ2v) is 7.51. The SMILES string of the molecule is COc1cc2ncnc(Nc3ccc(NC(=O)c4ccc(C(=O)O)c(Cl)c4)cc3)c2cc1OC. The van der Waals surface area contributed by atoms with Gasteiger partial charge in [-0.1, -0.05) is 11.6 Å². The summed E-state index contributed by atoms with van der Waals surface area (Å²) in [5, 5.41) is 15.8. The van der Waals surface area contributed by atoms with Crippen LogP contribution in [0.3, 0.4) is 0 Å². The highest BCUT2D eigenvalue weighted by Crippen LogP contribution is 2.34. The molecule has 0 unspecified atom stereocenters. The quantitative estimate of drug-likeness (QED) is 0.339. The molecule has 0 saturated heterocycles. The summed E-state index contributed by atoms with van der Waals surface area (Å²) in [6.07, 6.45) is 1.45. The molecule has 1 heterocycles. The van der Waals surface area contributed by atoms with Gasteiger partial charge in [0.05, 0.1) is 30.3 Å². The van der Waals surface area contributed by atoms with Crippen LogP contribution in [0.5, 0.6) is 11.5 Å². The maximum Gasteiger partial charge on any atom is 0.337 e. The smallest absolute Gasteiger partial charge is 0.337 e. The first kappa shape index (κ1) is 22.8. The maximum atomic E-state index is 12.5. The number of aromatic nitrogens is 2. The molecule has 0 aliphatic rings. The molecule has 1 amide bonds. The molecule has 172 valence electrons. The summed E-state index contributed by atoms with van der Waals surface area (Å²) in [6.45, 7) is 0. The third-order valence-corrected chi connectivity index (χ3v) is 5.32. The monoisotopic (exact) mass is 478 g/mol. The molecule has 3 aromatic carbocycles. The highest BCUT2D eigenvalue weighted by atomic mass is 35.5. The number of anilines is 3. The first-order chi connectivity index (χ1) is 16.4. The number of carboxylic acids is 1. The highest BCUT2D eigenvalue weighted by molar-refractivity contribution is 6.34. The summed E-state index contributed by atoms with van der Waals surface area (Å²) in [7, 11) is 3.12. The van der Waals surface area contributed by atoms with Gasteiger partial charge in [0.1, 0.15) is 12.1 Å². The number of hydrogen-bond donors (Lipinski definition) is 3. The van der Waals surface area contributed by atoms with Crippen LogP contribution < -0.4 is 20.1 Å². The van der Waals surface area contributed by atoms with E-state index >= 15 is 0 Å². The number of carboxylic acid groups (broad SMARTS) is 1. The first-order valence-corrected chi connectivity index (χ1v) is 10.4. The number of aromatic carboxylic acids is 1. The minimum absolute atomic E-state index is 0.00831. The lowest BCUT2D eigenvalue weighted by molar-refractivity contribution is 0.0696. The van der Waals surface area contributed by atoms with Crippen molar-refractivity contribution in [3.05, 3.63) is 77.1 Å². The number of ether oxygens (including phenoxy) is 2. The van der Waals surface area contributed by atoms with Crippen molar-refractivity contribution < 1.29 is 24.2 Å². The molecule has 3 N–H and O–H groups in total. The number of fused-ring (bicyclic) bond motifs is 1. The van der Waals surface area contributed by atoms with E-state index in [1.165, 1.54) is 24.5 Å². The molecule has 0 aliphatic carbocycles. The predicted octanol–water partition coefficient (Wildman–Crippen LogP) is 4.99. The second-order valence-electron chi connectivity index (χ2n) is 7.10. The first-order valence-electron chi connectivity index (χ1n) is 9.97. The molecule has 0 fully saturated rings. The molecule has 0 radical (unpaired) electrons. The number of halogens is 1. The Morgan fingerprint density at radius 1 is 0.912 bits per heavy atom. The molecule has 0 atom stereocenters. The van der Waals surface area contributed by atoms with Crippen LogP contribution >= 0.6 is 11.6 Å². The van der Waals surface area contributed by atoms with Crippen molar-refractivity contribution >= 4 is 51.6 Å². The van der Waals surface area contributed by atoms with Gasteiger partial charge in [0.25, 0.3) is 5.91 Å². The Hall–Kier alpha value is -4.37. The third kappa shape index (κ3) is 4.69. The van der Waals surface area contributed by atoms with E-state index in [0.29, 0.717) is 28.5 Å². The highest BCUT2D eigenvalue weighted by Gasteiger charge is 2.14. The van der Waals surface area contributed by atoms with Crippen LogP contribution in [0.1, 0.15) is 20.7 Å². The van der Waals surface area contributed by atoms with E-state index in [1.807, 2.05) is 0 Å². The van der Waals surface area contributed by atoms with Crippen molar-refractivity contribution in [1.82, 2.24) is 9.97 Å². The molecule has 1 aromatic heterocycles. The predicted molar refractivity (Wildman–Crippen MR) is 129 cm³/mol. The summed E-state index contributed by atoms with van der Waals surface area (Å²) in [6, 6.07) is 14.6. The third-order valence-electron chi connectivity index (χ3n) is 5.01. The van der Waals surface area contributed by atoms with Gasteiger partial charge in [0.15, 0.2) is 11.5 Å². The molecule has 0 bridgehead atoms. The number of nitrogens with one attached hydrogen (secondary N) is 2. The number of nitrogens with zero attached hydrogens (tertiary/aromatic N) is 2. The van der Waals surface area contributed by atoms with E-state index in [9.17, 15) is 9.59 Å². The number of carbonyl (C=O) groups excluding carboxylic acids is 1. The van der Waals surface area contributed by atoms with Gasteiger partial charge < -0.3 is 25.2 Å². The molecule has 0 saturated carbocycles. The summed E-state index contributed by atoms with van der Waals surface area (Å²) in [5.74, 6) is 0.133. The van der Waals surface area contributed by atoms with Crippen LogP contribution in [0.15, 0.2) is 60.9 Å².